The van der Waals surface area contributed by atoms with Crippen molar-refractivity contribution in [3.8, 4) is 11.5 Å². The predicted molar refractivity (Wildman–Crippen MR) is 118 cm³/mol. The Hall–Kier alpha value is -3.41. The van der Waals surface area contributed by atoms with E-state index in [1.165, 1.54) is 31.0 Å². The van der Waals surface area contributed by atoms with Gasteiger partial charge in [0.25, 0.3) is 11.6 Å². The lowest BCUT2D eigenvalue weighted by Crippen LogP contribution is -2.39. The maximum absolute atomic E-state index is 13.2. The Morgan fingerprint density at radius 1 is 1.18 bits per heavy atom. The topological polar surface area (TPSA) is 131 Å². The summed E-state index contributed by atoms with van der Waals surface area (Å²) in [7, 11) is 4.35. The van der Waals surface area contributed by atoms with Gasteiger partial charge in [-0.1, -0.05) is 0 Å². The number of methoxy groups -OCH3 is 3. The highest BCUT2D eigenvalue weighted by Crippen LogP contribution is 2.36. The molecule has 2 aromatic rings. The zero-order valence-electron chi connectivity index (χ0n) is 19.3. The molecule has 0 aliphatic carbocycles. The highest BCUT2D eigenvalue weighted by atomic mass is 16.6. The van der Waals surface area contributed by atoms with E-state index in [-0.39, 0.29) is 34.4 Å². The fourth-order valence-corrected chi connectivity index (χ4v) is 4.08. The van der Waals surface area contributed by atoms with Crippen molar-refractivity contribution in [1.82, 2.24) is 19.2 Å². The first-order chi connectivity index (χ1) is 15.9. The summed E-state index contributed by atoms with van der Waals surface area (Å²) in [5.74, 6) is 0.684. The Kier molecular flexibility index (Phi) is 7.69. The molecule has 33 heavy (non-hydrogen) atoms. The summed E-state index contributed by atoms with van der Waals surface area (Å²) < 4.78 is 18.5. The van der Waals surface area contributed by atoms with Gasteiger partial charge in [-0.3, -0.25) is 19.5 Å². The van der Waals surface area contributed by atoms with Crippen molar-refractivity contribution in [1.29, 1.82) is 0 Å². The molecule has 1 saturated heterocycles. The van der Waals surface area contributed by atoms with Gasteiger partial charge in [0.1, 0.15) is 11.4 Å². The summed E-state index contributed by atoms with van der Waals surface area (Å²) in [5.41, 5.74) is -0.564. The number of piperidine rings is 1. The SMILES string of the molecule is CCn1c(C2CCN(C(=O)c3cc(OC)c(OC)cc3[N+](=O)[O-])CC2)nn(CCOC)c1=O. The molecule has 1 aliphatic heterocycles. The second kappa shape index (κ2) is 10.5. The van der Waals surface area contributed by atoms with Gasteiger partial charge in [0.15, 0.2) is 11.5 Å². The van der Waals surface area contributed by atoms with Crippen molar-refractivity contribution in [2.24, 2.45) is 0 Å². The number of nitro benzene ring substituents is 1. The van der Waals surface area contributed by atoms with Gasteiger partial charge in [-0.05, 0) is 19.8 Å². The van der Waals surface area contributed by atoms with Crippen LogP contribution < -0.4 is 15.2 Å². The second-order valence-electron chi connectivity index (χ2n) is 7.65. The molecule has 1 amide bonds. The average Bonchev–Trinajstić information content (AvgIpc) is 3.16. The summed E-state index contributed by atoms with van der Waals surface area (Å²) in [6.07, 6.45) is 1.18. The highest BCUT2D eigenvalue weighted by Gasteiger charge is 2.32. The lowest BCUT2D eigenvalue weighted by atomic mass is 9.95. The van der Waals surface area contributed by atoms with E-state index in [4.69, 9.17) is 14.2 Å². The van der Waals surface area contributed by atoms with Crippen LogP contribution in [0.4, 0.5) is 5.69 Å². The van der Waals surface area contributed by atoms with Crippen molar-refractivity contribution < 1.29 is 23.9 Å². The zero-order chi connectivity index (χ0) is 24.1. The lowest BCUT2D eigenvalue weighted by molar-refractivity contribution is -0.385. The molecule has 0 bridgehead atoms. The van der Waals surface area contributed by atoms with Gasteiger partial charge >= 0.3 is 5.69 Å². The molecule has 0 unspecified atom stereocenters. The van der Waals surface area contributed by atoms with Crippen LogP contribution in [-0.4, -0.2) is 71.1 Å². The summed E-state index contributed by atoms with van der Waals surface area (Å²) in [6, 6.07) is 2.54. The van der Waals surface area contributed by atoms with Crippen molar-refractivity contribution in [3.05, 3.63) is 44.1 Å². The summed E-state index contributed by atoms with van der Waals surface area (Å²) >= 11 is 0. The van der Waals surface area contributed by atoms with Crippen LogP contribution in [0.5, 0.6) is 11.5 Å². The van der Waals surface area contributed by atoms with E-state index in [2.05, 4.69) is 5.10 Å². The van der Waals surface area contributed by atoms with Crippen LogP contribution in [0, 0.1) is 10.1 Å². The Morgan fingerprint density at radius 2 is 1.82 bits per heavy atom. The Balaban J connectivity index is 1.80. The fourth-order valence-electron chi connectivity index (χ4n) is 4.08. The van der Waals surface area contributed by atoms with Gasteiger partial charge in [0.05, 0.1) is 38.4 Å². The minimum absolute atomic E-state index is 0.00545. The largest absolute Gasteiger partial charge is 0.493 e. The van der Waals surface area contributed by atoms with Crippen LogP contribution in [0.25, 0.3) is 0 Å². The van der Waals surface area contributed by atoms with E-state index < -0.39 is 10.8 Å². The van der Waals surface area contributed by atoms with E-state index in [9.17, 15) is 19.7 Å². The van der Waals surface area contributed by atoms with Crippen LogP contribution in [0.1, 0.15) is 41.9 Å². The molecule has 1 aliphatic rings. The number of benzene rings is 1. The number of hydrogen-bond acceptors (Lipinski definition) is 8. The third-order valence-corrected chi connectivity index (χ3v) is 5.85. The monoisotopic (exact) mass is 463 g/mol. The molecule has 180 valence electrons. The third kappa shape index (κ3) is 4.85. The summed E-state index contributed by atoms with van der Waals surface area (Å²) in [4.78, 5) is 38.3. The number of hydrogen-bond donors (Lipinski definition) is 0. The first kappa shape index (κ1) is 24.2. The second-order valence-corrected chi connectivity index (χ2v) is 7.65. The molecule has 1 aromatic heterocycles. The molecule has 0 atom stereocenters. The molecule has 0 radical (unpaired) electrons. The molecule has 12 heteroatoms. The number of nitro groups is 1. The molecular weight excluding hydrogens is 434 g/mol. The zero-order valence-corrected chi connectivity index (χ0v) is 19.3. The minimum atomic E-state index is -0.603. The highest BCUT2D eigenvalue weighted by molar-refractivity contribution is 5.99. The van der Waals surface area contributed by atoms with Crippen molar-refractivity contribution in [2.45, 2.75) is 38.8 Å². The number of rotatable bonds is 9. The third-order valence-electron chi connectivity index (χ3n) is 5.85. The van der Waals surface area contributed by atoms with Crippen molar-refractivity contribution >= 4 is 11.6 Å². The lowest BCUT2D eigenvalue weighted by Gasteiger charge is -2.31. The van der Waals surface area contributed by atoms with E-state index >= 15 is 0 Å². The Labute approximate surface area is 190 Å². The predicted octanol–water partition coefficient (Wildman–Crippen LogP) is 1.66. The van der Waals surface area contributed by atoms with Crippen LogP contribution in [0.3, 0.4) is 0 Å². The van der Waals surface area contributed by atoms with E-state index in [1.54, 1.807) is 16.6 Å². The first-order valence-corrected chi connectivity index (χ1v) is 10.7. The van der Waals surface area contributed by atoms with Gasteiger partial charge in [-0.25, -0.2) is 9.48 Å². The molecule has 0 spiro atoms. The van der Waals surface area contributed by atoms with E-state index in [0.29, 0.717) is 51.5 Å². The first-order valence-electron chi connectivity index (χ1n) is 10.7. The normalized spacial score (nSPS) is 14.4. The molecule has 0 N–H and O–H groups in total. The standard InChI is InChI=1S/C21H29N5O7/c1-5-24-19(22-25(21(24)28)10-11-31-2)14-6-8-23(9-7-14)20(27)15-12-17(32-3)18(33-4)13-16(15)26(29)30/h12-14H,5-11H2,1-4H3. The van der Waals surface area contributed by atoms with Gasteiger partial charge in [-0.2, -0.15) is 5.10 Å². The van der Waals surface area contributed by atoms with Crippen molar-refractivity contribution in [3.63, 3.8) is 0 Å². The number of amides is 1. The Bertz CT molecular complexity index is 1070. The van der Waals surface area contributed by atoms with Gasteiger partial charge in [-0.15, -0.1) is 0 Å². The van der Waals surface area contributed by atoms with E-state index in [0.717, 1.165) is 0 Å². The average molecular weight is 463 g/mol. The number of likely N-dealkylation sites (tertiary alicyclic amines) is 1. The van der Waals surface area contributed by atoms with Crippen LogP contribution in [0.15, 0.2) is 16.9 Å². The van der Waals surface area contributed by atoms with Gasteiger partial charge < -0.3 is 19.1 Å². The van der Waals surface area contributed by atoms with Gasteiger partial charge in [0, 0.05) is 38.7 Å². The minimum Gasteiger partial charge on any atom is -0.493 e. The summed E-state index contributed by atoms with van der Waals surface area (Å²) in [5, 5.41) is 16.1. The number of aromatic nitrogens is 3. The number of ether oxygens (including phenoxy) is 3. The molecule has 1 aromatic carbocycles. The number of carbonyl (C=O) groups excluding carboxylic acids is 1. The molecular formula is C21H29N5O7. The van der Waals surface area contributed by atoms with Gasteiger partial charge in [0.2, 0.25) is 0 Å². The fraction of sp³-hybridized carbons (Fsp3) is 0.571. The Morgan fingerprint density at radius 3 is 2.36 bits per heavy atom. The number of nitrogens with zero attached hydrogens (tertiary/aromatic N) is 5. The number of carbonyl (C=O) groups is 1. The van der Waals surface area contributed by atoms with E-state index in [1.807, 2.05) is 6.92 Å². The van der Waals surface area contributed by atoms with Crippen LogP contribution >= 0.6 is 0 Å². The molecule has 2 heterocycles. The molecule has 12 nitrogen and oxygen atoms in total. The maximum atomic E-state index is 13.2. The molecule has 0 saturated carbocycles. The van der Waals surface area contributed by atoms with Crippen LogP contribution in [-0.2, 0) is 17.8 Å². The maximum Gasteiger partial charge on any atom is 0.345 e. The smallest absolute Gasteiger partial charge is 0.345 e. The van der Waals surface area contributed by atoms with Crippen LogP contribution in [0.2, 0.25) is 0 Å². The summed E-state index contributed by atoms with van der Waals surface area (Å²) in [6.45, 7) is 3.92. The molecule has 1 fully saturated rings. The quantitative estimate of drug-likeness (QED) is 0.405. The van der Waals surface area contributed by atoms with Crippen molar-refractivity contribution in [2.75, 3.05) is 41.0 Å². The molecule has 3 rings (SSSR count).